The largest absolute Gasteiger partial charge is 0.312 e. The summed E-state index contributed by atoms with van der Waals surface area (Å²) in [5.74, 6) is -0.141. The second-order valence-corrected chi connectivity index (χ2v) is 5.13. The molecule has 104 valence electrons. The highest BCUT2D eigenvalue weighted by Crippen LogP contribution is 2.20. The van der Waals surface area contributed by atoms with Gasteiger partial charge in [-0.05, 0) is 5.39 Å². The van der Waals surface area contributed by atoms with Gasteiger partial charge in [0.05, 0.1) is 17.8 Å². The number of fused-ring (bicyclic) bond motifs is 1. The summed E-state index contributed by atoms with van der Waals surface area (Å²) < 4.78 is 1.75. The van der Waals surface area contributed by atoms with Gasteiger partial charge in [-0.15, -0.1) is 5.10 Å². The minimum absolute atomic E-state index is 0.141. The Morgan fingerprint density at radius 2 is 2.10 bits per heavy atom. The molecule has 4 rings (SSSR count). The molecule has 3 heterocycles. The van der Waals surface area contributed by atoms with E-state index >= 15 is 0 Å². The molecule has 1 aliphatic rings. The predicted molar refractivity (Wildman–Crippen MR) is 77.1 cm³/mol. The summed E-state index contributed by atoms with van der Waals surface area (Å²) >= 11 is 0. The molecule has 0 radical (unpaired) electrons. The van der Waals surface area contributed by atoms with Gasteiger partial charge >= 0.3 is 0 Å². The maximum absolute atomic E-state index is 12.6. The summed E-state index contributed by atoms with van der Waals surface area (Å²) in [5.41, 5.74) is 0.923. The van der Waals surface area contributed by atoms with Gasteiger partial charge in [0.1, 0.15) is 0 Å². The predicted octanol–water partition coefficient (Wildman–Crippen LogP) is 1.20. The van der Waals surface area contributed by atoms with Crippen LogP contribution in [0.4, 0.5) is 0 Å². The molecule has 3 aromatic rings. The van der Waals surface area contributed by atoms with Crippen molar-refractivity contribution in [3.8, 4) is 0 Å². The van der Waals surface area contributed by atoms with Crippen LogP contribution in [0, 0.1) is 0 Å². The first-order valence-corrected chi connectivity index (χ1v) is 6.83. The van der Waals surface area contributed by atoms with E-state index in [4.69, 9.17) is 0 Å². The molecule has 0 spiro atoms. The van der Waals surface area contributed by atoms with Gasteiger partial charge in [0, 0.05) is 30.9 Å². The van der Waals surface area contributed by atoms with Crippen LogP contribution in [0.1, 0.15) is 22.1 Å². The molecule has 0 aliphatic carbocycles. The van der Waals surface area contributed by atoms with E-state index in [1.165, 1.54) is 0 Å². The Balaban J connectivity index is 1.74. The number of pyridine rings is 1. The van der Waals surface area contributed by atoms with Crippen LogP contribution in [-0.4, -0.2) is 38.9 Å². The Bertz CT molecular complexity index is 816. The third kappa shape index (κ3) is 2.00. The van der Waals surface area contributed by atoms with E-state index in [1.54, 1.807) is 23.3 Å². The van der Waals surface area contributed by atoms with Crippen LogP contribution in [0.2, 0.25) is 0 Å². The van der Waals surface area contributed by atoms with Gasteiger partial charge in [0.25, 0.3) is 0 Å². The van der Waals surface area contributed by atoms with Crippen molar-refractivity contribution in [2.75, 3.05) is 13.1 Å². The van der Waals surface area contributed by atoms with E-state index < -0.39 is 0 Å². The molecule has 1 saturated heterocycles. The summed E-state index contributed by atoms with van der Waals surface area (Å²) in [6.45, 7) is 1.74. The minimum atomic E-state index is -0.141. The fourth-order valence-electron chi connectivity index (χ4n) is 2.46. The molecule has 1 aliphatic heterocycles. The second-order valence-electron chi connectivity index (χ2n) is 5.13. The summed E-state index contributed by atoms with van der Waals surface area (Å²) in [6.07, 6.45) is 5.06. The molecular weight excluding hydrogens is 266 g/mol. The molecule has 1 N–H and O–H groups in total. The van der Waals surface area contributed by atoms with Gasteiger partial charge in [-0.25, -0.2) is 4.68 Å². The molecule has 0 unspecified atom stereocenters. The zero-order valence-corrected chi connectivity index (χ0v) is 11.2. The van der Waals surface area contributed by atoms with Crippen LogP contribution < -0.4 is 5.32 Å². The monoisotopic (exact) mass is 279 g/mol. The molecule has 6 nitrogen and oxygen atoms in total. The number of benzene rings is 1. The van der Waals surface area contributed by atoms with E-state index in [2.05, 4.69) is 20.6 Å². The number of nitrogens with one attached hydrogen (secondary N) is 1. The van der Waals surface area contributed by atoms with Crippen LogP contribution in [0.25, 0.3) is 10.8 Å². The highest BCUT2D eigenvalue weighted by molar-refractivity contribution is 6.15. The van der Waals surface area contributed by atoms with Gasteiger partial charge in [-0.2, -0.15) is 0 Å². The van der Waals surface area contributed by atoms with Crippen molar-refractivity contribution in [2.24, 2.45) is 0 Å². The van der Waals surface area contributed by atoms with Crippen molar-refractivity contribution in [3.63, 3.8) is 0 Å². The fraction of sp³-hybridized carbons (Fsp3) is 0.200. The van der Waals surface area contributed by atoms with Crippen molar-refractivity contribution >= 4 is 16.6 Å². The molecule has 0 amide bonds. The minimum Gasteiger partial charge on any atom is -0.312 e. The molecule has 1 fully saturated rings. The topological polar surface area (TPSA) is 72.7 Å². The van der Waals surface area contributed by atoms with Gasteiger partial charge in [-0.1, -0.05) is 29.5 Å². The first-order valence-electron chi connectivity index (χ1n) is 6.83. The van der Waals surface area contributed by atoms with E-state index in [0.29, 0.717) is 17.3 Å². The Morgan fingerprint density at radius 3 is 2.90 bits per heavy atom. The van der Waals surface area contributed by atoms with Gasteiger partial charge in [-0.3, -0.25) is 9.78 Å². The van der Waals surface area contributed by atoms with Crippen molar-refractivity contribution in [3.05, 3.63) is 54.1 Å². The molecule has 0 atom stereocenters. The Hall–Kier alpha value is -2.60. The molecule has 21 heavy (non-hydrogen) atoms. The van der Waals surface area contributed by atoms with Crippen LogP contribution in [0.5, 0.6) is 0 Å². The highest BCUT2D eigenvalue weighted by Gasteiger charge is 2.22. The number of aromatic nitrogens is 4. The highest BCUT2D eigenvalue weighted by atomic mass is 16.1. The molecule has 0 bridgehead atoms. The Morgan fingerprint density at radius 1 is 1.24 bits per heavy atom. The average molecular weight is 279 g/mol. The number of nitrogens with zero attached hydrogens (tertiary/aromatic N) is 4. The standard InChI is InChI=1S/C15H13N5O/c21-15(14-9-20(19-18-14)11-6-17-7-11)13-8-16-5-10-3-1-2-4-12(10)13/h1-5,8-9,11,17H,6-7H2. The van der Waals surface area contributed by atoms with E-state index in [-0.39, 0.29) is 5.78 Å². The van der Waals surface area contributed by atoms with Crippen molar-refractivity contribution in [1.82, 2.24) is 25.3 Å². The lowest BCUT2D eigenvalue weighted by Crippen LogP contribution is -2.43. The number of ketones is 1. The van der Waals surface area contributed by atoms with E-state index in [0.717, 1.165) is 23.9 Å². The normalized spacial score (nSPS) is 15.0. The maximum atomic E-state index is 12.6. The number of rotatable bonds is 3. The lowest BCUT2D eigenvalue weighted by Gasteiger charge is -2.26. The lowest BCUT2D eigenvalue weighted by atomic mass is 10.0. The van der Waals surface area contributed by atoms with Crippen LogP contribution in [-0.2, 0) is 0 Å². The summed E-state index contributed by atoms with van der Waals surface area (Å²) in [5, 5.41) is 13.1. The quantitative estimate of drug-likeness (QED) is 0.729. The molecule has 0 saturated carbocycles. The first kappa shape index (κ1) is 12.2. The van der Waals surface area contributed by atoms with Crippen molar-refractivity contribution in [2.45, 2.75) is 6.04 Å². The van der Waals surface area contributed by atoms with E-state index in [9.17, 15) is 4.79 Å². The average Bonchev–Trinajstić information content (AvgIpc) is 2.93. The SMILES string of the molecule is O=C(c1cn(C2CNC2)nn1)c1cncc2ccccc12. The summed E-state index contributed by atoms with van der Waals surface area (Å²) in [7, 11) is 0. The van der Waals surface area contributed by atoms with Crippen LogP contribution >= 0.6 is 0 Å². The van der Waals surface area contributed by atoms with Crippen LogP contribution in [0.15, 0.2) is 42.9 Å². The Labute approximate surface area is 120 Å². The molecule has 1 aromatic carbocycles. The fourth-order valence-corrected chi connectivity index (χ4v) is 2.46. The summed E-state index contributed by atoms with van der Waals surface area (Å²) in [4.78, 5) is 16.8. The smallest absolute Gasteiger partial charge is 0.217 e. The molecular formula is C15H13N5O. The molecule has 2 aromatic heterocycles. The zero-order valence-electron chi connectivity index (χ0n) is 11.2. The number of hydrogen-bond donors (Lipinski definition) is 1. The maximum Gasteiger partial charge on any atom is 0.217 e. The third-order valence-corrected chi connectivity index (χ3v) is 3.79. The first-order chi connectivity index (χ1) is 10.3. The number of carbonyl (C=O) groups excluding carboxylic acids is 1. The number of carbonyl (C=O) groups is 1. The number of hydrogen-bond acceptors (Lipinski definition) is 5. The van der Waals surface area contributed by atoms with Gasteiger partial charge in [0.2, 0.25) is 5.78 Å². The molecule has 6 heteroatoms. The van der Waals surface area contributed by atoms with Crippen molar-refractivity contribution < 1.29 is 4.79 Å². The lowest BCUT2D eigenvalue weighted by molar-refractivity contribution is 0.103. The van der Waals surface area contributed by atoms with Gasteiger partial charge in [0.15, 0.2) is 5.69 Å². The van der Waals surface area contributed by atoms with Crippen LogP contribution in [0.3, 0.4) is 0 Å². The third-order valence-electron chi connectivity index (χ3n) is 3.79. The zero-order chi connectivity index (χ0) is 14.2. The Kier molecular flexibility index (Phi) is 2.75. The summed E-state index contributed by atoms with van der Waals surface area (Å²) in [6, 6.07) is 8.00. The van der Waals surface area contributed by atoms with Crippen molar-refractivity contribution in [1.29, 1.82) is 0 Å². The second kappa shape index (κ2) is 4.75. The van der Waals surface area contributed by atoms with Gasteiger partial charge < -0.3 is 5.32 Å². The van der Waals surface area contributed by atoms with E-state index in [1.807, 2.05) is 24.3 Å².